The molecule has 0 fully saturated rings. The summed E-state index contributed by atoms with van der Waals surface area (Å²) in [6.07, 6.45) is 0. The van der Waals surface area contributed by atoms with Gasteiger partial charge in [-0.05, 0) is 51.1 Å². The standard InChI is InChI=1S/C20H23N3O/c1-14-5-8-17(9-6-14)20-22-21-19(24-20)13-23(4)12-18-10-7-15(2)11-16(18)3/h5-11H,12-13H2,1-4H3. The van der Waals surface area contributed by atoms with Gasteiger partial charge in [-0.25, -0.2) is 0 Å². The molecule has 0 saturated heterocycles. The first-order valence-corrected chi connectivity index (χ1v) is 8.15. The van der Waals surface area contributed by atoms with Crippen molar-refractivity contribution >= 4 is 0 Å². The van der Waals surface area contributed by atoms with Crippen LogP contribution in [-0.2, 0) is 13.1 Å². The van der Waals surface area contributed by atoms with E-state index in [-0.39, 0.29) is 0 Å². The molecule has 124 valence electrons. The summed E-state index contributed by atoms with van der Waals surface area (Å²) in [7, 11) is 2.06. The fourth-order valence-corrected chi connectivity index (χ4v) is 2.73. The highest BCUT2D eigenvalue weighted by molar-refractivity contribution is 5.52. The largest absolute Gasteiger partial charge is 0.419 e. The molecule has 0 radical (unpaired) electrons. The van der Waals surface area contributed by atoms with Crippen LogP contribution in [0.25, 0.3) is 11.5 Å². The van der Waals surface area contributed by atoms with Crippen LogP contribution in [0.5, 0.6) is 0 Å². The Hall–Kier alpha value is -2.46. The Morgan fingerprint density at radius 1 is 0.875 bits per heavy atom. The van der Waals surface area contributed by atoms with Gasteiger partial charge in [-0.1, -0.05) is 41.5 Å². The maximum Gasteiger partial charge on any atom is 0.247 e. The molecule has 0 aliphatic carbocycles. The van der Waals surface area contributed by atoms with E-state index in [0.717, 1.165) is 12.1 Å². The molecule has 3 rings (SSSR count). The second-order valence-electron chi connectivity index (χ2n) is 6.47. The van der Waals surface area contributed by atoms with Gasteiger partial charge in [0.05, 0.1) is 6.54 Å². The van der Waals surface area contributed by atoms with Crippen LogP contribution in [0.4, 0.5) is 0 Å². The molecule has 0 atom stereocenters. The molecule has 0 saturated carbocycles. The van der Waals surface area contributed by atoms with Crippen molar-refractivity contribution in [1.29, 1.82) is 0 Å². The topological polar surface area (TPSA) is 42.2 Å². The van der Waals surface area contributed by atoms with Crippen LogP contribution < -0.4 is 0 Å². The zero-order valence-electron chi connectivity index (χ0n) is 14.7. The molecule has 1 aromatic heterocycles. The maximum atomic E-state index is 5.80. The third-order valence-corrected chi connectivity index (χ3v) is 4.11. The molecule has 0 aliphatic heterocycles. The van der Waals surface area contributed by atoms with Crippen LogP contribution in [0.15, 0.2) is 46.9 Å². The van der Waals surface area contributed by atoms with Gasteiger partial charge >= 0.3 is 0 Å². The molecule has 0 amide bonds. The molecule has 1 heterocycles. The highest BCUT2D eigenvalue weighted by Gasteiger charge is 2.11. The van der Waals surface area contributed by atoms with E-state index in [2.05, 4.69) is 61.1 Å². The first kappa shape index (κ1) is 16.4. The summed E-state index contributed by atoms with van der Waals surface area (Å²) in [5.41, 5.74) is 6.09. The SMILES string of the molecule is Cc1ccc(-c2nnc(CN(C)Cc3ccc(C)cc3C)o2)cc1. The normalized spacial score (nSPS) is 11.2. The quantitative estimate of drug-likeness (QED) is 0.703. The number of hydrogen-bond acceptors (Lipinski definition) is 4. The van der Waals surface area contributed by atoms with Gasteiger partial charge in [-0.2, -0.15) is 0 Å². The molecule has 0 unspecified atom stereocenters. The van der Waals surface area contributed by atoms with Gasteiger partial charge < -0.3 is 4.42 Å². The number of benzene rings is 2. The van der Waals surface area contributed by atoms with Crippen LogP contribution in [-0.4, -0.2) is 22.1 Å². The van der Waals surface area contributed by atoms with Crippen LogP contribution >= 0.6 is 0 Å². The van der Waals surface area contributed by atoms with Crippen LogP contribution in [0, 0.1) is 20.8 Å². The first-order valence-electron chi connectivity index (χ1n) is 8.15. The second kappa shape index (κ2) is 6.97. The zero-order chi connectivity index (χ0) is 17.1. The van der Waals surface area contributed by atoms with E-state index in [1.807, 2.05) is 24.3 Å². The van der Waals surface area contributed by atoms with E-state index in [4.69, 9.17) is 4.42 Å². The third kappa shape index (κ3) is 3.89. The summed E-state index contributed by atoms with van der Waals surface area (Å²) >= 11 is 0. The lowest BCUT2D eigenvalue weighted by Crippen LogP contribution is -2.18. The molecule has 0 N–H and O–H groups in total. The summed E-state index contributed by atoms with van der Waals surface area (Å²) in [6, 6.07) is 14.7. The molecule has 0 bridgehead atoms. The minimum atomic E-state index is 0.574. The van der Waals surface area contributed by atoms with Gasteiger partial charge in [0.2, 0.25) is 11.8 Å². The van der Waals surface area contributed by atoms with Crippen molar-refractivity contribution in [3.05, 3.63) is 70.6 Å². The fourth-order valence-electron chi connectivity index (χ4n) is 2.73. The summed E-state index contributed by atoms with van der Waals surface area (Å²) < 4.78 is 5.80. The molecule has 24 heavy (non-hydrogen) atoms. The molecular formula is C20H23N3O. The molecular weight excluding hydrogens is 298 g/mol. The Kier molecular flexibility index (Phi) is 4.76. The van der Waals surface area contributed by atoms with E-state index in [9.17, 15) is 0 Å². The highest BCUT2D eigenvalue weighted by Crippen LogP contribution is 2.19. The summed E-state index contributed by atoms with van der Waals surface area (Å²) in [5, 5.41) is 8.34. The van der Waals surface area contributed by atoms with Gasteiger partial charge in [0.1, 0.15) is 0 Å². The summed E-state index contributed by atoms with van der Waals surface area (Å²) in [5.74, 6) is 1.21. The van der Waals surface area contributed by atoms with Crippen molar-refractivity contribution in [2.75, 3.05) is 7.05 Å². The average molecular weight is 321 g/mol. The molecule has 0 spiro atoms. The molecule has 2 aromatic carbocycles. The number of aryl methyl sites for hydroxylation is 3. The number of rotatable bonds is 5. The van der Waals surface area contributed by atoms with Crippen molar-refractivity contribution < 1.29 is 4.42 Å². The van der Waals surface area contributed by atoms with E-state index < -0.39 is 0 Å². The van der Waals surface area contributed by atoms with E-state index in [1.165, 1.54) is 22.3 Å². The minimum absolute atomic E-state index is 0.574. The van der Waals surface area contributed by atoms with E-state index >= 15 is 0 Å². The smallest absolute Gasteiger partial charge is 0.247 e. The molecule has 0 aliphatic rings. The Morgan fingerprint density at radius 3 is 2.29 bits per heavy atom. The number of hydrogen-bond donors (Lipinski definition) is 0. The molecule has 3 aromatic rings. The van der Waals surface area contributed by atoms with Gasteiger partial charge in [-0.15, -0.1) is 10.2 Å². The Bertz CT molecular complexity index is 821. The highest BCUT2D eigenvalue weighted by atomic mass is 16.4. The predicted octanol–water partition coefficient (Wildman–Crippen LogP) is 4.29. The van der Waals surface area contributed by atoms with Crippen LogP contribution in [0.2, 0.25) is 0 Å². The third-order valence-electron chi connectivity index (χ3n) is 4.11. The monoisotopic (exact) mass is 321 g/mol. The van der Waals surface area contributed by atoms with Crippen molar-refractivity contribution in [3.63, 3.8) is 0 Å². The molecule has 4 heteroatoms. The first-order chi connectivity index (χ1) is 11.5. The fraction of sp³-hybridized carbons (Fsp3) is 0.300. The van der Waals surface area contributed by atoms with Crippen molar-refractivity contribution in [1.82, 2.24) is 15.1 Å². The van der Waals surface area contributed by atoms with Gasteiger partial charge in [0.25, 0.3) is 0 Å². The minimum Gasteiger partial charge on any atom is -0.419 e. The lowest BCUT2D eigenvalue weighted by molar-refractivity contribution is 0.282. The number of nitrogens with zero attached hydrogens (tertiary/aromatic N) is 3. The van der Waals surface area contributed by atoms with Gasteiger partial charge in [0.15, 0.2) is 0 Å². The Morgan fingerprint density at radius 2 is 1.58 bits per heavy atom. The summed E-state index contributed by atoms with van der Waals surface area (Å²) in [4.78, 5) is 2.18. The second-order valence-corrected chi connectivity index (χ2v) is 6.47. The van der Waals surface area contributed by atoms with Gasteiger partial charge in [-0.3, -0.25) is 4.90 Å². The molecule has 4 nitrogen and oxygen atoms in total. The van der Waals surface area contributed by atoms with Crippen molar-refractivity contribution in [2.24, 2.45) is 0 Å². The number of aromatic nitrogens is 2. The maximum absolute atomic E-state index is 5.80. The lowest BCUT2D eigenvalue weighted by Gasteiger charge is -2.16. The van der Waals surface area contributed by atoms with E-state index in [0.29, 0.717) is 18.3 Å². The lowest BCUT2D eigenvalue weighted by atomic mass is 10.1. The van der Waals surface area contributed by atoms with Crippen LogP contribution in [0.3, 0.4) is 0 Å². The zero-order valence-corrected chi connectivity index (χ0v) is 14.7. The predicted molar refractivity (Wildman–Crippen MR) is 95.6 cm³/mol. The average Bonchev–Trinajstić information content (AvgIpc) is 2.99. The summed E-state index contributed by atoms with van der Waals surface area (Å²) in [6.45, 7) is 7.81. The Labute approximate surface area is 143 Å². The van der Waals surface area contributed by atoms with Crippen molar-refractivity contribution in [2.45, 2.75) is 33.9 Å². The van der Waals surface area contributed by atoms with Gasteiger partial charge in [0, 0.05) is 12.1 Å². The van der Waals surface area contributed by atoms with Crippen molar-refractivity contribution in [3.8, 4) is 11.5 Å². The van der Waals surface area contributed by atoms with E-state index in [1.54, 1.807) is 0 Å². The van der Waals surface area contributed by atoms with Crippen LogP contribution in [0.1, 0.15) is 28.1 Å². The Balaban J connectivity index is 1.66.